The maximum atomic E-state index is 11.0. The Morgan fingerprint density at radius 2 is 2.55 bits per heavy atom. The first-order valence-corrected chi connectivity index (χ1v) is 5.00. The third-order valence-corrected chi connectivity index (χ3v) is 3.40. The highest BCUT2D eigenvalue weighted by molar-refractivity contribution is 8.00. The zero-order chi connectivity index (χ0) is 8.27. The third kappa shape index (κ3) is 1.98. The van der Waals surface area contributed by atoms with Gasteiger partial charge in [0.25, 0.3) is 0 Å². The van der Waals surface area contributed by atoms with Gasteiger partial charge in [-0.3, -0.25) is 0 Å². The molecule has 1 fully saturated rings. The van der Waals surface area contributed by atoms with Crippen LogP contribution in [0.3, 0.4) is 0 Å². The molecule has 1 aliphatic heterocycles. The number of rotatable bonds is 4. The van der Waals surface area contributed by atoms with Gasteiger partial charge in [0.15, 0.2) is 0 Å². The van der Waals surface area contributed by atoms with E-state index in [0.29, 0.717) is 5.92 Å². The Morgan fingerprint density at radius 3 is 3.00 bits per heavy atom. The molecule has 2 atom stereocenters. The fraction of sp³-hybridized carbons (Fsp3) is 0.750. The summed E-state index contributed by atoms with van der Waals surface area (Å²) in [6.45, 7) is 6.49. The van der Waals surface area contributed by atoms with Crippen LogP contribution in [0.25, 0.3) is 0 Å². The van der Waals surface area contributed by atoms with E-state index in [9.17, 15) is 5.21 Å². The Labute approximate surface area is 72.2 Å². The van der Waals surface area contributed by atoms with Crippen LogP contribution in [0.5, 0.6) is 0 Å². The molecular formula is C8H14NOS-. The Hall–Kier alpha value is 0.01000. The molecule has 0 radical (unpaired) electrons. The molecule has 0 N–H and O–H groups in total. The average molecular weight is 172 g/mol. The second-order valence-corrected chi connectivity index (χ2v) is 3.93. The Morgan fingerprint density at radius 1 is 1.82 bits per heavy atom. The maximum Gasteiger partial charge on any atom is 0.0487 e. The highest BCUT2D eigenvalue weighted by Crippen LogP contribution is 2.34. The number of hydrogen-bond donors (Lipinski definition) is 0. The maximum absolute atomic E-state index is 11.0. The highest BCUT2D eigenvalue weighted by Gasteiger charge is 2.30. The molecule has 1 saturated heterocycles. The second kappa shape index (κ2) is 4.14. The number of hydrogen-bond acceptors (Lipinski definition) is 3. The Bertz CT molecular complexity index is 140. The van der Waals surface area contributed by atoms with E-state index in [4.69, 9.17) is 0 Å². The van der Waals surface area contributed by atoms with Crippen molar-refractivity contribution in [3.63, 3.8) is 0 Å². The molecule has 2 nitrogen and oxygen atoms in total. The Balaban J connectivity index is 2.24. The minimum atomic E-state index is 0.206. The van der Waals surface area contributed by atoms with Crippen LogP contribution in [-0.2, 0) is 0 Å². The fourth-order valence-electron chi connectivity index (χ4n) is 1.24. The molecule has 0 bridgehead atoms. The minimum Gasteiger partial charge on any atom is -0.784 e. The van der Waals surface area contributed by atoms with E-state index in [2.05, 4.69) is 13.5 Å². The zero-order valence-corrected chi connectivity index (χ0v) is 7.64. The van der Waals surface area contributed by atoms with Gasteiger partial charge in [0, 0.05) is 11.1 Å². The van der Waals surface area contributed by atoms with Gasteiger partial charge in [-0.15, -0.1) is 18.3 Å². The topological polar surface area (TPSA) is 26.3 Å². The van der Waals surface area contributed by atoms with Gasteiger partial charge < -0.3 is 10.3 Å². The predicted molar refractivity (Wildman–Crippen MR) is 50.3 cm³/mol. The van der Waals surface area contributed by atoms with Crippen LogP contribution >= 0.6 is 11.8 Å². The predicted octanol–water partition coefficient (Wildman–Crippen LogP) is 2.07. The zero-order valence-electron chi connectivity index (χ0n) is 6.82. The van der Waals surface area contributed by atoms with Gasteiger partial charge in [0.2, 0.25) is 0 Å². The van der Waals surface area contributed by atoms with Gasteiger partial charge in [0.05, 0.1) is 0 Å². The van der Waals surface area contributed by atoms with E-state index in [0.717, 1.165) is 18.7 Å². The normalized spacial score (nSPS) is 31.5. The molecule has 0 aliphatic carbocycles. The van der Waals surface area contributed by atoms with Crippen LogP contribution in [0.1, 0.15) is 13.3 Å². The van der Waals surface area contributed by atoms with Crippen LogP contribution < -0.4 is 0 Å². The van der Waals surface area contributed by atoms with Gasteiger partial charge in [-0.1, -0.05) is 13.0 Å². The van der Waals surface area contributed by atoms with Crippen LogP contribution in [0.15, 0.2) is 12.7 Å². The van der Waals surface area contributed by atoms with Crippen molar-refractivity contribution in [2.45, 2.75) is 18.7 Å². The lowest BCUT2D eigenvalue weighted by atomic mass is 10.00. The SMILES string of the molecule is C=CCSC1C(CC)CN1[O-]. The van der Waals surface area contributed by atoms with Gasteiger partial charge in [-0.25, -0.2) is 0 Å². The lowest BCUT2D eigenvalue weighted by Crippen LogP contribution is -2.50. The van der Waals surface area contributed by atoms with Crippen molar-refractivity contribution in [2.24, 2.45) is 5.92 Å². The molecule has 3 heteroatoms. The molecule has 0 saturated carbocycles. The van der Waals surface area contributed by atoms with Crippen molar-refractivity contribution in [1.82, 2.24) is 5.06 Å². The second-order valence-electron chi connectivity index (χ2n) is 2.78. The number of nitrogens with zero attached hydrogens (tertiary/aromatic N) is 1. The molecular weight excluding hydrogens is 158 g/mol. The van der Waals surface area contributed by atoms with E-state index in [1.54, 1.807) is 11.8 Å². The lowest BCUT2D eigenvalue weighted by Gasteiger charge is -2.52. The van der Waals surface area contributed by atoms with Crippen molar-refractivity contribution in [3.8, 4) is 0 Å². The van der Waals surface area contributed by atoms with Crippen LogP contribution in [-0.4, -0.2) is 22.7 Å². The first-order valence-electron chi connectivity index (χ1n) is 3.95. The Kier molecular flexibility index (Phi) is 3.43. The van der Waals surface area contributed by atoms with Gasteiger partial charge in [-0.05, 0) is 18.9 Å². The summed E-state index contributed by atoms with van der Waals surface area (Å²) < 4.78 is 0. The van der Waals surface area contributed by atoms with Crippen molar-refractivity contribution in [3.05, 3.63) is 17.9 Å². The van der Waals surface area contributed by atoms with E-state index in [-0.39, 0.29) is 5.37 Å². The molecule has 1 aliphatic rings. The summed E-state index contributed by atoms with van der Waals surface area (Å²) in [5, 5.41) is 12.3. The van der Waals surface area contributed by atoms with Crippen molar-refractivity contribution < 1.29 is 0 Å². The molecule has 0 aromatic rings. The average Bonchev–Trinajstić information content (AvgIpc) is 2.00. The minimum absolute atomic E-state index is 0.206. The molecule has 0 aromatic heterocycles. The van der Waals surface area contributed by atoms with E-state index < -0.39 is 0 Å². The van der Waals surface area contributed by atoms with Gasteiger partial charge in [-0.2, -0.15) is 0 Å². The summed E-state index contributed by atoms with van der Waals surface area (Å²) in [4.78, 5) is 0. The molecule has 64 valence electrons. The molecule has 2 unspecified atom stereocenters. The van der Waals surface area contributed by atoms with Gasteiger partial charge in [0.1, 0.15) is 0 Å². The first-order chi connectivity index (χ1) is 5.29. The highest BCUT2D eigenvalue weighted by atomic mass is 32.2. The standard InChI is InChI=1S/C8H14NOS/c1-3-5-11-8-7(4-2)6-9(8)10/h3,7-8H,1,4-6H2,2H3/q-1. The number of thioether (sulfide) groups is 1. The summed E-state index contributed by atoms with van der Waals surface area (Å²) in [7, 11) is 0. The van der Waals surface area contributed by atoms with Crippen molar-refractivity contribution in [1.29, 1.82) is 0 Å². The summed E-state index contributed by atoms with van der Waals surface area (Å²) in [5.74, 6) is 1.50. The largest absolute Gasteiger partial charge is 0.784 e. The van der Waals surface area contributed by atoms with Crippen LogP contribution in [0.4, 0.5) is 0 Å². The van der Waals surface area contributed by atoms with E-state index in [1.807, 2.05) is 6.08 Å². The smallest absolute Gasteiger partial charge is 0.0487 e. The summed E-state index contributed by atoms with van der Waals surface area (Å²) in [6, 6.07) is 0. The van der Waals surface area contributed by atoms with Crippen molar-refractivity contribution >= 4 is 11.8 Å². The number of hydroxylamine groups is 2. The van der Waals surface area contributed by atoms with Gasteiger partial charge >= 0.3 is 0 Å². The first kappa shape index (κ1) is 9.10. The lowest BCUT2D eigenvalue weighted by molar-refractivity contribution is 0.129. The molecule has 0 amide bonds. The third-order valence-electron chi connectivity index (χ3n) is 2.01. The summed E-state index contributed by atoms with van der Waals surface area (Å²) in [5.41, 5.74) is 0. The monoisotopic (exact) mass is 172 g/mol. The molecule has 0 spiro atoms. The van der Waals surface area contributed by atoms with E-state index in [1.165, 1.54) is 5.06 Å². The summed E-state index contributed by atoms with van der Waals surface area (Å²) >= 11 is 1.70. The quantitative estimate of drug-likeness (QED) is 0.607. The summed E-state index contributed by atoms with van der Waals surface area (Å²) in [6.07, 6.45) is 2.97. The fourth-order valence-corrected chi connectivity index (χ4v) is 2.38. The van der Waals surface area contributed by atoms with Crippen LogP contribution in [0, 0.1) is 11.1 Å². The van der Waals surface area contributed by atoms with Crippen LogP contribution in [0.2, 0.25) is 0 Å². The molecule has 11 heavy (non-hydrogen) atoms. The molecule has 1 rings (SSSR count). The molecule has 1 heterocycles. The van der Waals surface area contributed by atoms with Crippen molar-refractivity contribution in [2.75, 3.05) is 12.3 Å². The molecule has 0 aromatic carbocycles. The van der Waals surface area contributed by atoms with E-state index >= 15 is 0 Å².